The molecule has 0 saturated carbocycles. The van der Waals surface area contributed by atoms with E-state index in [0.29, 0.717) is 12.3 Å². The van der Waals surface area contributed by atoms with Crippen LogP contribution in [0.2, 0.25) is 0 Å². The van der Waals surface area contributed by atoms with Crippen molar-refractivity contribution in [1.82, 2.24) is 0 Å². The fourth-order valence-corrected chi connectivity index (χ4v) is 0.969. The van der Waals surface area contributed by atoms with Gasteiger partial charge in [-0.3, -0.25) is 0 Å². The largest absolute Gasteiger partial charge is 0.411 e. The van der Waals surface area contributed by atoms with Crippen molar-refractivity contribution in [3.63, 3.8) is 0 Å². The minimum absolute atomic E-state index is 0.313. The molecule has 0 aromatic heterocycles. The number of halogens is 3. The van der Waals surface area contributed by atoms with Gasteiger partial charge in [0.1, 0.15) is 6.61 Å². The second-order valence-corrected chi connectivity index (χ2v) is 3.37. The van der Waals surface area contributed by atoms with E-state index in [0.717, 1.165) is 0 Å². The first-order chi connectivity index (χ1) is 5.31. The van der Waals surface area contributed by atoms with Crippen molar-refractivity contribution in [2.75, 3.05) is 6.61 Å². The Morgan fingerprint density at radius 2 is 1.67 bits per heavy atom. The van der Waals surface area contributed by atoms with Crippen molar-refractivity contribution in [3.05, 3.63) is 0 Å². The molecule has 4 heteroatoms. The van der Waals surface area contributed by atoms with Crippen molar-refractivity contribution in [1.29, 1.82) is 0 Å². The zero-order valence-electron chi connectivity index (χ0n) is 7.61. The van der Waals surface area contributed by atoms with Gasteiger partial charge in [0.2, 0.25) is 0 Å². The van der Waals surface area contributed by atoms with Gasteiger partial charge in [-0.2, -0.15) is 13.2 Å². The Hall–Kier alpha value is -0.250. The maximum atomic E-state index is 11.6. The molecule has 0 saturated heterocycles. The van der Waals surface area contributed by atoms with Gasteiger partial charge in [0, 0.05) is 0 Å². The molecule has 0 rings (SSSR count). The van der Waals surface area contributed by atoms with Crippen molar-refractivity contribution in [2.45, 2.75) is 39.5 Å². The van der Waals surface area contributed by atoms with Gasteiger partial charge in [-0.05, 0) is 19.3 Å². The molecule has 0 aromatic rings. The maximum absolute atomic E-state index is 11.6. The number of rotatable bonds is 4. The van der Waals surface area contributed by atoms with Gasteiger partial charge in [-0.15, -0.1) is 0 Å². The van der Waals surface area contributed by atoms with Gasteiger partial charge >= 0.3 is 6.18 Å². The van der Waals surface area contributed by atoms with E-state index in [1.807, 2.05) is 13.8 Å². The highest BCUT2D eigenvalue weighted by Crippen LogP contribution is 2.17. The average Bonchev–Trinajstić information content (AvgIpc) is 1.80. The van der Waals surface area contributed by atoms with Crippen LogP contribution in [0.25, 0.3) is 0 Å². The van der Waals surface area contributed by atoms with Crippen LogP contribution in [0.3, 0.4) is 0 Å². The molecule has 0 N–H and O–H groups in total. The van der Waals surface area contributed by atoms with Crippen LogP contribution in [0, 0.1) is 5.92 Å². The van der Waals surface area contributed by atoms with Crippen molar-refractivity contribution >= 4 is 0 Å². The fourth-order valence-electron chi connectivity index (χ4n) is 0.969. The van der Waals surface area contributed by atoms with Crippen molar-refractivity contribution < 1.29 is 17.9 Å². The number of alkyl halides is 3. The van der Waals surface area contributed by atoms with E-state index in [1.165, 1.54) is 0 Å². The average molecular weight is 184 g/mol. The Morgan fingerprint density at radius 3 is 2.00 bits per heavy atom. The zero-order valence-corrected chi connectivity index (χ0v) is 7.61. The summed E-state index contributed by atoms with van der Waals surface area (Å²) in [6.07, 6.45) is -3.85. The van der Waals surface area contributed by atoms with Crippen LogP contribution in [-0.4, -0.2) is 18.9 Å². The quantitative estimate of drug-likeness (QED) is 0.652. The summed E-state index contributed by atoms with van der Waals surface area (Å²) in [6.45, 7) is 4.42. The molecule has 0 aliphatic heterocycles. The number of hydrogen-bond donors (Lipinski definition) is 0. The molecule has 12 heavy (non-hydrogen) atoms. The molecule has 1 atom stereocenters. The first-order valence-electron chi connectivity index (χ1n) is 3.99. The normalized spacial score (nSPS) is 15.2. The van der Waals surface area contributed by atoms with Gasteiger partial charge in [0.15, 0.2) is 0 Å². The molecule has 0 amide bonds. The van der Waals surface area contributed by atoms with Gasteiger partial charge in [-0.25, -0.2) is 0 Å². The highest BCUT2D eigenvalue weighted by atomic mass is 19.4. The third kappa shape index (κ3) is 7.85. The molecule has 0 heterocycles. The van der Waals surface area contributed by atoms with Crippen LogP contribution in [0.15, 0.2) is 0 Å². The van der Waals surface area contributed by atoms with Crippen LogP contribution in [0.1, 0.15) is 27.2 Å². The number of ether oxygens (including phenoxy) is 1. The maximum Gasteiger partial charge on any atom is 0.411 e. The van der Waals surface area contributed by atoms with E-state index in [9.17, 15) is 13.2 Å². The molecule has 0 fully saturated rings. The van der Waals surface area contributed by atoms with E-state index in [4.69, 9.17) is 0 Å². The zero-order chi connectivity index (χ0) is 9.78. The predicted molar refractivity (Wildman–Crippen MR) is 40.9 cm³/mol. The summed E-state index contributed by atoms with van der Waals surface area (Å²) in [5.41, 5.74) is 0. The summed E-state index contributed by atoms with van der Waals surface area (Å²) >= 11 is 0. The van der Waals surface area contributed by atoms with Crippen LogP contribution < -0.4 is 0 Å². The smallest absolute Gasteiger partial charge is 0.369 e. The molecule has 0 aliphatic carbocycles. The molecule has 1 nitrogen and oxygen atoms in total. The standard InChI is InChI=1S/C8H15F3O/c1-6(2)4-7(3)12-5-8(9,10)11/h6-7H,4-5H2,1-3H3/t7-/m1/s1. The van der Waals surface area contributed by atoms with Gasteiger partial charge in [-0.1, -0.05) is 13.8 Å². The molecular weight excluding hydrogens is 169 g/mol. The predicted octanol–water partition coefficient (Wildman–Crippen LogP) is 3.00. The van der Waals surface area contributed by atoms with Crippen LogP contribution in [-0.2, 0) is 4.74 Å². The molecule has 0 bridgehead atoms. The lowest BCUT2D eigenvalue weighted by Gasteiger charge is -2.16. The topological polar surface area (TPSA) is 9.23 Å². The minimum atomic E-state index is -4.20. The van der Waals surface area contributed by atoms with E-state index in [-0.39, 0.29) is 6.10 Å². The monoisotopic (exact) mass is 184 g/mol. The van der Waals surface area contributed by atoms with Crippen LogP contribution in [0.5, 0.6) is 0 Å². The lowest BCUT2D eigenvalue weighted by molar-refractivity contribution is -0.184. The summed E-state index contributed by atoms with van der Waals surface area (Å²) < 4.78 is 39.5. The van der Waals surface area contributed by atoms with Crippen molar-refractivity contribution in [3.8, 4) is 0 Å². The first-order valence-corrected chi connectivity index (χ1v) is 3.99. The molecule has 0 spiro atoms. The lowest BCUT2D eigenvalue weighted by atomic mass is 10.1. The third-order valence-electron chi connectivity index (χ3n) is 1.33. The summed E-state index contributed by atoms with van der Waals surface area (Å²) in [5, 5.41) is 0. The Bertz CT molecular complexity index is 120. The van der Waals surface area contributed by atoms with Gasteiger partial charge in [0.05, 0.1) is 6.10 Å². The SMILES string of the molecule is CC(C)C[C@@H](C)OCC(F)(F)F. The Morgan fingerprint density at radius 1 is 1.17 bits per heavy atom. The minimum Gasteiger partial charge on any atom is -0.369 e. The van der Waals surface area contributed by atoms with E-state index >= 15 is 0 Å². The molecule has 0 unspecified atom stereocenters. The van der Waals surface area contributed by atoms with E-state index in [2.05, 4.69) is 4.74 Å². The molecular formula is C8H15F3O. The second kappa shape index (κ2) is 4.70. The summed E-state index contributed by atoms with van der Waals surface area (Å²) in [7, 11) is 0. The fraction of sp³-hybridized carbons (Fsp3) is 1.00. The highest BCUT2D eigenvalue weighted by Gasteiger charge is 2.28. The Balaban J connectivity index is 3.51. The molecule has 0 radical (unpaired) electrons. The van der Waals surface area contributed by atoms with Crippen LogP contribution in [0.4, 0.5) is 13.2 Å². The molecule has 0 aliphatic rings. The van der Waals surface area contributed by atoms with E-state index in [1.54, 1.807) is 6.92 Å². The summed E-state index contributed by atoms with van der Waals surface area (Å²) in [6, 6.07) is 0. The molecule has 0 aromatic carbocycles. The Labute approximate surface area is 70.9 Å². The first kappa shape index (κ1) is 11.8. The lowest BCUT2D eigenvalue weighted by Crippen LogP contribution is -2.22. The molecule has 74 valence electrons. The highest BCUT2D eigenvalue weighted by molar-refractivity contribution is 4.56. The summed E-state index contributed by atoms with van der Waals surface area (Å²) in [5.74, 6) is 0.369. The van der Waals surface area contributed by atoms with E-state index < -0.39 is 12.8 Å². The van der Waals surface area contributed by atoms with Crippen molar-refractivity contribution in [2.24, 2.45) is 5.92 Å². The number of hydrogen-bond acceptors (Lipinski definition) is 1. The van der Waals surface area contributed by atoms with Crippen LogP contribution >= 0.6 is 0 Å². The third-order valence-corrected chi connectivity index (χ3v) is 1.33. The second-order valence-electron chi connectivity index (χ2n) is 3.37. The Kier molecular flexibility index (Phi) is 4.60. The van der Waals surface area contributed by atoms with Gasteiger partial charge in [0.25, 0.3) is 0 Å². The van der Waals surface area contributed by atoms with Gasteiger partial charge < -0.3 is 4.74 Å². The summed E-state index contributed by atoms with van der Waals surface area (Å²) in [4.78, 5) is 0.